The van der Waals surface area contributed by atoms with Gasteiger partial charge in [0.25, 0.3) is 0 Å². The number of aromatic nitrogens is 1. The Kier molecular flexibility index (Phi) is 5.36. The van der Waals surface area contributed by atoms with Gasteiger partial charge in [-0.2, -0.15) is 0 Å². The number of halogens is 2. The topological polar surface area (TPSA) is 75.0 Å². The molecule has 1 aliphatic rings. The van der Waals surface area contributed by atoms with Gasteiger partial charge in [0.05, 0.1) is 16.6 Å². The van der Waals surface area contributed by atoms with Gasteiger partial charge in [0.15, 0.2) is 5.15 Å². The van der Waals surface area contributed by atoms with Crippen molar-refractivity contribution in [2.24, 2.45) is 0 Å². The second-order valence-corrected chi connectivity index (χ2v) is 7.46. The minimum Gasteiger partial charge on any atom is -0.449 e. The van der Waals surface area contributed by atoms with E-state index in [0.717, 1.165) is 19.2 Å². The van der Waals surface area contributed by atoms with Crippen LogP contribution in [0.1, 0.15) is 0 Å². The third-order valence-corrected chi connectivity index (χ3v) is 5.53. The number of carbonyl (C=O) groups is 1. The van der Waals surface area contributed by atoms with Gasteiger partial charge in [0.2, 0.25) is 11.2 Å². The minimum atomic E-state index is -1.68. The Bertz CT molecular complexity index is 1170. The second kappa shape index (κ2) is 7.97. The number of carboxylic acid groups (broad SMARTS) is 1. The number of anilines is 1. The van der Waals surface area contributed by atoms with E-state index in [9.17, 15) is 9.59 Å². The van der Waals surface area contributed by atoms with Crippen LogP contribution in [0.15, 0.2) is 47.3 Å². The maximum Gasteiger partial charge on any atom is 0.511 e. The van der Waals surface area contributed by atoms with Gasteiger partial charge in [0.1, 0.15) is 5.82 Å². The van der Waals surface area contributed by atoms with Crippen LogP contribution in [0.4, 0.5) is 14.9 Å². The molecule has 156 valence electrons. The summed E-state index contributed by atoms with van der Waals surface area (Å²) in [6.07, 6.45) is -1.68. The van der Waals surface area contributed by atoms with E-state index in [0.29, 0.717) is 30.0 Å². The smallest absolute Gasteiger partial charge is 0.449 e. The van der Waals surface area contributed by atoms with Crippen molar-refractivity contribution in [2.75, 3.05) is 38.1 Å². The summed E-state index contributed by atoms with van der Waals surface area (Å²) in [6.45, 7) is 2.86. The summed E-state index contributed by atoms with van der Waals surface area (Å²) in [6, 6.07) is 11.6. The van der Waals surface area contributed by atoms with E-state index in [1.165, 1.54) is 4.57 Å². The van der Waals surface area contributed by atoms with Crippen LogP contribution < -0.4 is 15.1 Å². The Labute approximate surface area is 176 Å². The standard InChI is InChI=1S/C21H19ClFN3O4/c1-24-7-9-25(10-8-24)17-12-16-14(11-15(17)23)18(27)19(30-21(28)29)20(22)26(16)13-5-3-2-4-6-13/h2-6,11-12H,7-10H2,1H3,(H,28,29). The maximum absolute atomic E-state index is 15.0. The van der Waals surface area contributed by atoms with Crippen LogP contribution in [0.5, 0.6) is 5.75 Å². The van der Waals surface area contributed by atoms with Crippen molar-refractivity contribution in [3.05, 3.63) is 63.7 Å². The average Bonchev–Trinajstić information content (AvgIpc) is 2.73. The molecule has 1 N–H and O–H groups in total. The molecule has 2 heterocycles. The van der Waals surface area contributed by atoms with E-state index in [-0.39, 0.29) is 10.5 Å². The van der Waals surface area contributed by atoms with E-state index in [1.54, 1.807) is 30.3 Å². The fourth-order valence-corrected chi connectivity index (χ4v) is 3.95. The number of nitrogens with zero attached hydrogens (tertiary/aromatic N) is 3. The normalized spacial score (nSPS) is 14.8. The van der Waals surface area contributed by atoms with Gasteiger partial charge >= 0.3 is 6.16 Å². The van der Waals surface area contributed by atoms with Gasteiger partial charge in [0, 0.05) is 31.9 Å². The largest absolute Gasteiger partial charge is 0.511 e. The molecule has 3 aromatic rings. The van der Waals surface area contributed by atoms with Crippen LogP contribution in [0, 0.1) is 5.82 Å². The fraction of sp³-hybridized carbons (Fsp3) is 0.238. The number of ether oxygens (including phenoxy) is 1. The first-order chi connectivity index (χ1) is 14.4. The molecule has 7 nitrogen and oxygen atoms in total. The molecule has 1 aliphatic heterocycles. The number of likely N-dealkylation sites (N-methyl/N-ethyl adjacent to an activating group) is 1. The summed E-state index contributed by atoms with van der Waals surface area (Å²) >= 11 is 6.43. The monoisotopic (exact) mass is 431 g/mol. The number of piperazine rings is 1. The first kappa shape index (κ1) is 20.2. The van der Waals surface area contributed by atoms with Gasteiger partial charge in [-0.05, 0) is 31.3 Å². The quantitative estimate of drug-likeness (QED) is 0.504. The van der Waals surface area contributed by atoms with E-state index < -0.39 is 23.2 Å². The van der Waals surface area contributed by atoms with Gasteiger partial charge in [-0.25, -0.2) is 9.18 Å². The number of para-hydroxylation sites is 1. The van der Waals surface area contributed by atoms with Crippen LogP contribution in [-0.4, -0.2) is 54.0 Å². The Morgan fingerprint density at radius 1 is 1.13 bits per heavy atom. The third-order valence-electron chi connectivity index (χ3n) is 5.19. The molecular weight excluding hydrogens is 413 g/mol. The van der Waals surface area contributed by atoms with Crippen LogP contribution in [0.3, 0.4) is 0 Å². The molecular formula is C21H19ClFN3O4. The van der Waals surface area contributed by atoms with Crippen LogP contribution in [0.2, 0.25) is 5.15 Å². The second-order valence-electron chi connectivity index (χ2n) is 7.10. The molecule has 9 heteroatoms. The Hall–Kier alpha value is -3.10. The van der Waals surface area contributed by atoms with Crippen molar-refractivity contribution < 1.29 is 19.0 Å². The zero-order valence-corrected chi connectivity index (χ0v) is 16.9. The molecule has 1 fully saturated rings. The lowest BCUT2D eigenvalue weighted by atomic mass is 10.1. The predicted octanol–water partition coefficient (Wildman–Crippen LogP) is 3.59. The molecule has 0 saturated carbocycles. The Morgan fingerprint density at radius 3 is 2.43 bits per heavy atom. The minimum absolute atomic E-state index is 0.0186. The summed E-state index contributed by atoms with van der Waals surface area (Å²) in [5.41, 5.74) is 0.527. The molecule has 0 aliphatic carbocycles. The average molecular weight is 432 g/mol. The Morgan fingerprint density at radius 2 is 1.80 bits per heavy atom. The molecule has 4 rings (SSSR count). The highest BCUT2D eigenvalue weighted by atomic mass is 35.5. The summed E-state index contributed by atoms with van der Waals surface area (Å²) in [4.78, 5) is 28.1. The first-order valence-electron chi connectivity index (χ1n) is 9.34. The van der Waals surface area contributed by atoms with Gasteiger partial charge in [-0.1, -0.05) is 29.8 Å². The molecule has 0 atom stereocenters. The molecule has 2 aromatic carbocycles. The number of benzene rings is 2. The van der Waals surface area contributed by atoms with Crippen LogP contribution in [-0.2, 0) is 0 Å². The maximum atomic E-state index is 15.0. The fourth-order valence-electron chi connectivity index (χ4n) is 3.64. The summed E-state index contributed by atoms with van der Waals surface area (Å²) in [5.74, 6) is -1.13. The van der Waals surface area contributed by atoms with E-state index in [4.69, 9.17) is 16.7 Å². The lowest BCUT2D eigenvalue weighted by molar-refractivity contribution is 0.144. The van der Waals surface area contributed by atoms with Crippen LogP contribution >= 0.6 is 11.6 Å². The van der Waals surface area contributed by atoms with Crippen molar-refractivity contribution in [1.29, 1.82) is 0 Å². The third kappa shape index (κ3) is 3.59. The van der Waals surface area contributed by atoms with Gasteiger partial charge in [-0.15, -0.1) is 0 Å². The molecule has 30 heavy (non-hydrogen) atoms. The van der Waals surface area contributed by atoms with Crippen molar-refractivity contribution >= 4 is 34.3 Å². The van der Waals surface area contributed by atoms with Gasteiger partial charge < -0.3 is 19.6 Å². The number of hydrogen-bond donors (Lipinski definition) is 1. The summed E-state index contributed by atoms with van der Waals surface area (Å²) in [7, 11) is 2.00. The SMILES string of the molecule is CN1CCN(c2cc3c(cc2F)c(=O)c(OC(=O)O)c(Cl)n3-c2ccccc2)CC1. The number of hydrogen-bond acceptors (Lipinski definition) is 5. The highest BCUT2D eigenvalue weighted by Crippen LogP contribution is 2.33. The lowest BCUT2D eigenvalue weighted by Crippen LogP contribution is -2.44. The first-order valence-corrected chi connectivity index (χ1v) is 9.72. The lowest BCUT2D eigenvalue weighted by Gasteiger charge is -2.34. The number of rotatable bonds is 3. The molecule has 0 spiro atoms. The van der Waals surface area contributed by atoms with Crippen molar-refractivity contribution in [2.45, 2.75) is 0 Å². The van der Waals surface area contributed by atoms with Crippen molar-refractivity contribution in [1.82, 2.24) is 9.47 Å². The molecule has 0 bridgehead atoms. The predicted molar refractivity (Wildman–Crippen MR) is 113 cm³/mol. The van der Waals surface area contributed by atoms with Crippen molar-refractivity contribution in [3.8, 4) is 11.4 Å². The zero-order valence-electron chi connectivity index (χ0n) is 16.1. The van der Waals surface area contributed by atoms with E-state index >= 15 is 4.39 Å². The highest BCUT2D eigenvalue weighted by Gasteiger charge is 2.24. The molecule has 0 radical (unpaired) electrons. The highest BCUT2D eigenvalue weighted by molar-refractivity contribution is 6.32. The number of pyridine rings is 1. The molecule has 0 amide bonds. The number of fused-ring (bicyclic) bond motifs is 1. The molecule has 1 saturated heterocycles. The van der Waals surface area contributed by atoms with Crippen molar-refractivity contribution in [3.63, 3.8) is 0 Å². The van der Waals surface area contributed by atoms with E-state index in [1.807, 2.05) is 18.0 Å². The van der Waals surface area contributed by atoms with Crippen LogP contribution in [0.25, 0.3) is 16.6 Å². The summed E-state index contributed by atoms with van der Waals surface area (Å²) in [5, 5.41) is 8.81. The Balaban J connectivity index is 2.00. The van der Waals surface area contributed by atoms with Gasteiger partial charge in [-0.3, -0.25) is 9.36 Å². The molecule has 1 aromatic heterocycles. The molecule has 0 unspecified atom stereocenters. The van der Waals surface area contributed by atoms with E-state index in [2.05, 4.69) is 9.64 Å². The summed E-state index contributed by atoms with van der Waals surface area (Å²) < 4.78 is 21.2. The zero-order chi connectivity index (χ0) is 21.4.